The monoisotopic (exact) mass is 185 g/mol. The van der Waals surface area contributed by atoms with E-state index in [2.05, 4.69) is 6.92 Å². The van der Waals surface area contributed by atoms with Crippen LogP contribution in [0, 0.1) is 11.3 Å². The summed E-state index contributed by atoms with van der Waals surface area (Å²) in [6.07, 6.45) is 4.88. The average molecular weight is 185 g/mol. The van der Waals surface area contributed by atoms with Crippen LogP contribution in [0.5, 0.6) is 0 Å². The zero-order chi connectivity index (χ0) is 9.90. The normalized spacial score (nSPS) is 22.0. The second kappa shape index (κ2) is 4.09. The molecule has 0 amide bonds. The van der Waals surface area contributed by atoms with E-state index in [1.54, 1.807) is 0 Å². The minimum absolute atomic E-state index is 0.184. The van der Waals surface area contributed by atoms with E-state index in [-0.39, 0.29) is 17.8 Å². The van der Waals surface area contributed by atoms with E-state index >= 15 is 0 Å². The Kier molecular flexibility index (Phi) is 3.31. The highest BCUT2D eigenvalue weighted by molar-refractivity contribution is 5.67. The zero-order valence-corrected chi connectivity index (χ0v) is 8.25. The topological polar surface area (TPSA) is 63.3 Å². The summed E-state index contributed by atoms with van der Waals surface area (Å²) in [5, 5.41) is 8.74. The van der Waals surface area contributed by atoms with Crippen LogP contribution in [-0.4, -0.2) is 17.6 Å². The Balaban J connectivity index is 2.57. The van der Waals surface area contributed by atoms with Gasteiger partial charge in [-0.25, -0.2) is 0 Å². The van der Waals surface area contributed by atoms with Gasteiger partial charge in [-0.2, -0.15) is 0 Å². The van der Waals surface area contributed by atoms with Gasteiger partial charge in [0.15, 0.2) is 0 Å². The van der Waals surface area contributed by atoms with E-state index < -0.39 is 5.97 Å². The van der Waals surface area contributed by atoms with Crippen molar-refractivity contribution in [2.75, 3.05) is 6.54 Å². The summed E-state index contributed by atoms with van der Waals surface area (Å²) >= 11 is 0. The van der Waals surface area contributed by atoms with Gasteiger partial charge in [0.25, 0.3) is 0 Å². The van der Waals surface area contributed by atoms with Gasteiger partial charge in [-0.05, 0) is 30.7 Å². The largest absolute Gasteiger partial charge is 0.481 e. The molecule has 0 aromatic heterocycles. The summed E-state index contributed by atoms with van der Waals surface area (Å²) < 4.78 is 0. The Morgan fingerprint density at radius 3 is 2.46 bits per heavy atom. The van der Waals surface area contributed by atoms with Crippen LogP contribution in [0.2, 0.25) is 0 Å². The highest BCUT2D eigenvalue weighted by Crippen LogP contribution is 2.50. The molecule has 0 bridgehead atoms. The predicted octanol–water partition coefficient (Wildman–Crippen LogP) is 1.62. The van der Waals surface area contributed by atoms with Gasteiger partial charge in [-0.1, -0.05) is 19.8 Å². The van der Waals surface area contributed by atoms with E-state index in [0.717, 1.165) is 6.42 Å². The van der Waals surface area contributed by atoms with Crippen LogP contribution in [0.25, 0.3) is 0 Å². The van der Waals surface area contributed by atoms with Crippen molar-refractivity contribution in [2.24, 2.45) is 17.1 Å². The molecule has 0 aliphatic heterocycles. The fourth-order valence-corrected chi connectivity index (χ4v) is 2.44. The van der Waals surface area contributed by atoms with E-state index in [9.17, 15) is 4.79 Å². The Labute approximate surface area is 79.3 Å². The van der Waals surface area contributed by atoms with Gasteiger partial charge in [-0.3, -0.25) is 4.79 Å². The minimum Gasteiger partial charge on any atom is -0.481 e. The van der Waals surface area contributed by atoms with Crippen LogP contribution < -0.4 is 5.73 Å². The Morgan fingerprint density at radius 2 is 2.23 bits per heavy atom. The summed E-state index contributed by atoms with van der Waals surface area (Å²) in [7, 11) is 0. The third-order valence-corrected chi connectivity index (χ3v) is 3.63. The minimum atomic E-state index is -0.713. The maximum Gasteiger partial charge on any atom is 0.303 e. The average Bonchev–Trinajstić information content (AvgIpc) is 2.01. The summed E-state index contributed by atoms with van der Waals surface area (Å²) in [6, 6.07) is 0. The molecule has 13 heavy (non-hydrogen) atoms. The molecular formula is C10H19NO2. The second-order valence-electron chi connectivity index (χ2n) is 4.10. The van der Waals surface area contributed by atoms with Gasteiger partial charge in [0.2, 0.25) is 0 Å². The lowest BCUT2D eigenvalue weighted by Gasteiger charge is -2.47. The molecule has 76 valence electrons. The number of nitrogens with two attached hydrogens (primary N) is 1. The molecule has 0 saturated heterocycles. The maximum atomic E-state index is 10.6. The lowest BCUT2D eigenvalue weighted by Crippen LogP contribution is -2.41. The van der Waals surface area contributed by atoms with Crippen LogP contribution in [0.1, 0.15) is 39.0 Å². The molecule has 1 aliphatic carbocycles. The molecule has 1 rings (SSSR count). The van der Waals surface area contributed by atoms with Crippen molar-refractivity contribution in [2.45, 2.75) is 39.0 Å². The SMILES string of the molecule is CCC1(C(CN)CC(=O)O)CCC1. The third kappa shape index (κ3) is 2.02. The van der Waals surface area contributed by atoms with Gasteiger partial charge in [-0.15, -0.1) is 0 Å². The van der Waals surface area contributed by atoms with Crippen LogP contribution in [-0.2, 0) is 4.79 Å². The molecule has 0 radical (unpaired) electrons. The number of carbonyl (C=O) groups is 1. The molecule has 0 heterocycles. The zero-order valence-electron chi connectivity index (χ0n) is 8.25. The molecule has 0 aromatic rings. The smallest absolute Gasteiger partial charge is 0.303 e. The highest BCUT2D eigenvalue weighted by Gasteiger charge is 2.42. The van der Waals surface area contributed by atoms with Gasteiger partial charge in [0.1, 0.15) is 0 Å². The number of carboxylic acids is 1. The van der Waals surface area contributed by atoms with Crippen molar-refractivity contribution in [3.63, 3.8) is 0 Å². The second-order valence-corrected chi connectivity index (χ2v) is 4.10. The standard InChI is InChI=1S/C10H19NO2/c1-2-10(4-3-5-10)8(7-11)6-9(12)13/h8H,2-7,11H2,1H3,(H,12,13). The summed E-state index contributed by atoms with van der Waals surface area (Å²) in [5.41, 5.74) is 5.89. The lowest BCUT2D eigenvalue weighted by atomic mass is 9.59. The predicted molar refractivity (Wildman–Crippen MR) is 51.4 cm³/mol. The Bertz CT molecular complexity index is 182. The molecule has 1 aliphatic rings. The first kappa shape index (κ1) is 10.5. The van der Waals surface area contributed by atoms with Crippen LogP contribution in [0.15, 0.2) is 0 Å². The van der Waals surface area contributed by atoms with E-state index in [1.807, 2.05) is 0 Å². The van der Waals surface area contributed by atoms with Gasteiger partial charge in [0, 0.05) is 6.42 Å². The van der Waals surface area contributed by atoms with Crippen molar-refractivity contribution < 1.29 is 9.90 Å². The number of aliphatic carboxylic acids is 1. The highest BCUT2D eigenvalue weighted by atomic mass is 16.4. The van der Waals surface area contributed by atoms with E-state index in [0.29, 0.717) is 6.54 Å². The molecule has 3 nitrogen and oxygen atoms in total. The van der Waals surface area contributed by atoms with Crippen molar-refractivity contribution in [3.05, 3.63) is 0 Å². The van der Waals surface area contributed by atoms with Crippen molar-refractivity contribution in [3.8, 4) is 0 Å². The summed E-state index contributed by atoms with van der Waals surface area (Å²) in [5.74, 6) is -0.529. The Morgan fingerprint density at radius 1 is 1.62 bits per heavy atom. The van der Waals surface area contributed by atoms with Crippen molar-refractivity contribution >= 4 is 5.97 Å². The molecule has 1 atom stereocenters. The fourth-order valence-electron chi connectivity index (χ4n) is 2.44. The number of carboxylic acid groups (broad SMARTS) is 1. The van der Waals surface area contributed by atoms with Crippen LogP contribution >= 0.6 is 0 Å². The first-order valence-corrected chi connectivity index (χ1v) is 5.06. The lowest BCUT2D eigenvalue weighted by molar-refractivity contribution is -0.140. The van der Waals surface area contributed by atoms with E-state index in [1.165, 1.54) is 19.3 Å². The first-order valence-electron chi connectivity index (χ1n) is 5.06. The fraction of sp³-hybridized carbons (Fsp3) is 0.900. The quantitative estimate of drug-likeness (QED) is 0.684. The van der Waals surface area contributed by atoms with Crippen molar-refractivity contribution in [1.82, 2.24) is 0 Å². The van der Waals surface area contributed by atoms with Gasteiger partial charge >= 0.3 is 5.97 Å². The van der Waals surface area contributed by atoms with Crippen LogP contribution in [0.3, 0.4) is 0 Å². The number of hydrogen-bond donors (Lipinski definition) is 2. The molecule has 1 saturated carbocycles. The molecule has 0 aromatic carbocycles. The summed E-state index contributed by atoms with van der Waals surface area (Å²) in [6.45, 7) is 2.66. The third-order valence-electron chi connectivity index (χ3n) is 3.63. The molecule has 1 fully saturated rings. The van der Waals surface area contributed by atoms with E-state index in [4.69, 9.17) is 10.8 Å². The van der Waals surface area contributed by atoms with Gasteiger partial charge < -0.3 is 10.8 Å². The van der Waals surface area contributed by atoms with Crippen molar-refractivity contribution in [1.29, 1.82) is 0 Å². The number of hydrogen-bond acceptors (Lipinski definition) is 2. The van der Waals surface area contributed by atoms with Crippen LogP contribution in [0.4, 0.5) is 0 Å². The maximum absolute atomic E-state index is 10.6. The molecule has 3 N–H and O–H groups in total. The summed E-state index contributed by atoms with van der Waals surface area (Å²) in [4.78, 5) is 10.6. The molecule has 3 heteroatoms. The van der Waals surface area contributed by atoms with Gasteiger partial charge in [0.05, 0.1) is 0 Å². The molecule has 0 spiro atoms. The Hall–Kier alpha value is -0.570. The first-order chi connectivity index (χ1) is 6.14. The molecule has 1 unspecified atom stereocenters. The number of rotatable bonds is 5. The molecular weight excluding hydrogens is 166 g/mol.